The van der Waals surface area contributed by atoms with Gasteiger partial charge in [0.15, 0.2) is 0 Å². The molecule has 1 aliphatic heterocycles. The van der Waals surface area contributed by atoms with Gasteiger partial charge in [0.05, 0.1) is 6.04 Å². The second kappa shape index (κ2) is 8.39. The Morgan fingerprint density at radius 3 is 2.62 bits per heavy atom. The largest absolute Gasteiger partial charge is 0.330 e. The summed E-state index contributed by atoms with van der Waals surface area (Å²) in [7, 11) is 1.56. The molecule has 3 aromatic rings. The van der Waals surface area contributed by atoms with Crippen LogP contribution < -0.4 is 5.56 Å². The van der Waals surface area contributed by atoms with Gasteiger partial charge in [0.2, 0.25) is 0 Å². The van der Waals surface area contributed by atoms with E-state index >= 15 is 0 Å². The zero-order valence-corrected chi connectivity index (χ0v) is 16.5. The molecule has 2 aromatic heterocycles. The summed E-state index contributed by atoms with van der Waals surface area (Å²) in [6.07, 6.45) is 5.62. The van der Waals surface area contributed by atoms with Gasteiger partial charge in [-0.05, 0) is 42.5 Å². The molecule has 3 heterocycles. The van der Waals surface area contributed by atoms with E-state index < -0.39 is 0 Å². The van der Waals surface area contributed by atoms with Crippen molar-refractivity contribution in [2.24, 2.45) is 7.05 Å². The number of likely N-dealkylation sites (tertiary alicyclic amines) is 1. The van der Waals surface area contributed by atoms with Crippen LogP contribution in [0.25, 0.3) is 0 Å². The Morgan fingerprint density at radius 1 is 1.07 bits per heavy atom. The molecule has 0 N–H and O–H groups in total. The molecule has 0 bridgehead atoms. The molecular weight excluding hydrogens is 364 g/mol. The first kappa shape index (κ1) is 19.1. The first-order valence-corrected chi connectivity index (χ1v) is 9.96. The van der Waals surface area contributed by atoms with Gasteiger partial charge >= 0.3 is 0 Å². The highest BCUT2D eigenvalue weighted by atomic mass is 16.2. The number of hydrogen-bond acceptors (Lipinski definition) is 4. The third kappa shape index (κ3) is 4.26. The van der Waals surface area contributed by atoms with Crippen molar-refractivity contribution >= 4 is 5.91 Å². The number of aryl methyl sites for hydroxylation is 1. The smallest absolute Gasteiger partial charge is 0.274 e. The van der Waals surface area contributed by atoms with E-state index in [4.69, 9.17) is 0 Å². The third-order valence-corrected chi connectivity index (χ3v) is 5.40. The molecule has 1 aliphatic rings. The van der Waals surface area contributed by atoms with Gasteiger partial charge in [0, 0.05) is 38.0 Å². The Balaban J connectivity index is 1.54. The predicted molar refractivity (Wildman–Crippen MR) is 111 cm³/mol. The first-order chi connectivity index (χ1) is 14.1. The van der Waals surface area contributed by atoms with Crippen molar-refractivity contribution < 1.29 is 4.79 Å². The van der Waals surface area contributed by atoms with Gasteiger partial charge in [-0.25, -0.2) is 4.68 Å². The maximum absolute atomic E-state index is 13.1. The Bertz CT molecular complexity index is 1040. The van der Waals surface area contributed by atoms with Gasteiger partial charge in [-0.2, -0.15) is 5.10 Å². The lowest BCUT2D eigenvalue weighted by molar-refractivity contribution is 0.0602. The number of aromatic nitrogens is 3. The van der Waals surface area contributed by atoms with Crippen LogP contribution in [-0.2, 0) is 13.5 Å². The highest BCUT2D eigenvalue weighted by Gasteiger charge is 2.29. The van der Waals surface area contributed by atoms with E-state index in [1.807, 2.05) is 35.4 Å². The molecule has 0 spiro atoms. The number of hydrogen-bond donors (Lipinski definition) is 0. The number of carbonyl (C=O) groups excluding carboxylic acids is 1. The summed E-state index contributed by atoms with van der Waals surface area (Å²) < 4.78 is 1.20. The van der Waals surface area contributed by atoms with Crippen LogP contribution in [0.4, 0.5) is 0 Å². The zero-order chi connectivity index (χ0) is 20.2. The first-order valence-electron chi connectivity index (χ1n) is 9.96. The lowest BCUT2D eigenvalue weighted by Gasteiger charge is -2.35. The number of benzene rings is 1. The van der Waals surface area contributed by atoms with Gasteiger partial charge in [-0.1, -0.05) is 36.4 Å². The van der Waals surface area contributed by atoms with Crippen LogP contribution in [-0.4, -0.2) is 32.1 Å². The maximum atomic E-state index is 13.1. The minimum absolute atomic E-state index is 0.0199. The van der Waals surface area contributed by atoms with Gasteiger partial charge in [-0.15, -0.1) is 0 Å². The highest BCUT2D eigenvalue weighted by Crippen LogP contribution is 2.31. The summed E-state index contributed by atoms with van der Waals surface area (Å²) in [6, 6.07) is 17.3. The molecule has 6 heteroatoms. The fourth-order valence-corrected chi connectivity index (χ4v) is 3.83. The third-order valence-electron chi connectivity index (χ3n) is 5.40. The molecule has 1 fully saturated rings. The van der Waals surface area contributed by atoms with E-state index in [2.05, 4.69) is 28.3 Å². The van der Waals surface area contributed by atoms with Crippen molar-refractivity contribution in [3.05, 3.63) is 93.7 Å². The number of amides is 1. The Labute approximate surface area is 169 Å². The van der Waals surface area contributed by atoms with E-state index in [0.29, 0.717) is 12.2 Å². The summed E-state index contributed by atoms with van der Waals surface area (Å²) >= 11 is 0. The summed E-state index contributed by atoms with van der Waals surface area (Å²) in [5, 5.41) is 4.13. The van der Waals surface area contributed by atoms with Crippen LogP contribution >= 0.6 is 0 Å². The average Bonchev–Trinajstić information content (AvgIpc) is 2.76. The molecule has 1 atom stereocenters. The van der Waals surface area contributed by atoms with E-state index in [0.717, 1.165) is 36.9 Å². The molecule has 1 aromatic carbocycles. The number of pyridine rings is 1. The number of rotatable bonds is 4. The molecule has 0 aliphatic carbocycles. The fourth-order valence-electron chi connectivity index (χ4n) is 3.83. The maximum Gasteiger partial charge on any atom is 0.274 e. The zero-order valence-electron chi connectivity index (χ0n) is 16.5. The van der Waals surface area contributed by atoms with Crippen molar-refractivity contribution in [3.63, 3.8) is 0 Å². The van der Waals surface area contributed by atoms with Gasteiger partial charge in [0.25, 0.3) is 11.5 Å². The van der Waals surface area contributed by atoms with Crippen molar-refractivity contribution in [1.82, 2.24) is 19.7 Å². The van der Waals surface area contributed by atoms with Gasteiger partial charge in [0.1, 0.15) is 5.69 Å². The lowest BCUT2D eigenvalue weighted by Crippen LogP contribution is -2.39. The molecule has 148 valence electrons. The van der Waals surface area contributed by atoms with Gasteiger partial charge in [-0.3, -0.25) is 14.6 Å². The number of nitrogens with zero attached hydrogens (tertiary/aromatic N) is 4. The van der Waals surface area contributed by atoms with Crippen molar-refractivity contribution in [3.8, 4) is 0 Å². The summed E-state index contributed by atoms with van der Waals surface area (Å²) in [5.74, 6) is -0.140. The second-order valence-corrected chi connectivity index (χ2v) is 7.44. The van der Waals surface area contributed by atoms with E-state index in [1.165, 1.54) is 22.4 Å². The monoisotopic (exact) mass is 388 g/mol. The van der Waals surface area contributed by atoms with Crippen LogP contribution in [0.3, 0.4) is 0 Å². The molecular formula is C23H24N4O2. The van der Waals surface area contributed by atoms with E-state index in [1.54, 1.807) is 7.05 Å². The van der Waals surface area contributed by atoms with E-state index in [-0.39, 0.29) is 17.5 Å². The molecule has 1 amide bonds. The van der Waals surface area contributed by atoms with Crippen LogP contribution in [0.1, 0.15) is 52.6 Å². The molecule has 6 nitrogen and oxygen atoms in total. The standard InChI is InChI=1S/C23H24N4O2/c1-26-22(28)13-12-20(25-26)23(29)27-14-6-5-9-21(27)18-10-11-19(24-16-18)15-17-7-3-2-4-8-17/h2-4,7-8,10-13,16,21H,5-6,9,14-15H2,1H3. The SMILES string of the molecule is Cn1nc(C(=O)N2CCCCC2c2ccc(Cc3ccccc3)nc2)ccc1=O. The normalized spacial score (nSPS) is 16.6. The van der Waals surface area contributed by atoms with Crippen molar-refractivity contribution in [2.75, 3.05) is 6.54 Å². The lowest BCUT2D eigenvalue weighted by atomic mass is 9.95. The fraction of sp³-hybridized carbons (Fsp3) is 0.304. The average molecular weight is 388 g/mol. The van der Waals surface area contributed by atoms with E-state index in [9.17, 15) is 9.59 Å². The van der Waals surface area contributed by atoms with Crippen LogP contribution in [0.2, 0.25) is 0 Å². The van der Waals surface area contributed by atoms with Crippen LogP contribution in [0.15, 0.2) is 65.6 Å². The molecule has 1 saturated heterocycles. The molecule has 0 saturated carbocycles. The second-order valence-electron chi connectivity index (χ2n) is 7.44. The Morgan fingerprint density at radius 2 is 1.90 bits per heavy atom. The minimum Gasteiger partial charge on any atom is -0.330 e. The minimum atomic E-state index is -0.227. The molecule has 1 unspecified atom stereocenters. The topological polar surface area (TPSA) is 68.1 Å². The summed E-state index contributed by atoms with van der Waals surface area (Å²) in [4.78, 5) is 31.2. The summed E-state index contributed by atoms with van der Waals surface area (Å²) in [5.41, 5.74) is 3.35. The van der Waals surface area contributed by atoms with Crippen molar-refractivity contribution in [1.29, 1.82) is 0 Å². The summed E-state index contributed by atoms with van der Waals surface area (Å²) in [6.45, 7) is 0.680. The molecule has 0 radical (unpaired) electrons. The van der Waals surface area contributed by atoms with Gasteiger partial charge < -0.3 is 4.90 Å². The number of piperidine rings is 1. The Kier molecular flexibility index (Phi) is 5.51. The molecule has 29 heavy (non-hydrogen) atoms. The number of carbonyl (C=O) groups is 1. The predicted octanol–water partition coefficient (Wildman–Crippen LogP) is 3.13. The van der Waals surface area contributed by atoms with Crippen molar-refractivity contribution in [2.45, 2.75) is 31.7 Å². The Hall–Kier alpha value is -3.28. The quantitative estimate of drug-likeness (QED) is 0.689. The molecule has 4 rings (SSSR count). The van der Waals surface area contributed by atoms with Crippen LogP contribution in [0.5, 0.6) is 0 Å². The van der Waals surface area contributed by atoms with Crippen LogP contribution in [0, 0.1) is 0 Å². The highest BCUT2D eigenvalue weighted by molar-refractivity contribution is 5.92.